The van der Waals surface area contributed by atoms with E-state index < -0.39 is 0 Å². The van der Waals surface area contributed by atoms with Gasteiger partial charge in [0.25, 0.3) is 0 Å². The number of hydrogen-bond donors (Lipinski definition) is 0. The number of nitrogens with zero attached hydrogens (tertiary/aromatic N) is 2. The number of hydrogen-bond acceptors (Lipinski definition) is 0. The molecule has 7 aromatic carbocycles. The monoisotopic (exact) mass is 558 g/mol. The van der Waals surface area contributed by atoms with E-state index >= 15 is 0 Å². The van der Waals surface area contributed by atoms with Gasteiger partial charge in [0.15, 0.2) is 0 Å². The molecule has 1 aliphatic heterocycles. The Morgan fingerprint density at radius 3 is 1.68 bits per heavy atom. The minimum atomic E-state index is 1.18. The van der Waals surface area contributed by atoms with Crippen molar-refractivity contribution < 1.29 is 0 Å². The van der Waals surface area contributed by atoms with Crippen LogP contribution in [0.25, 0.3) is 88.4 Å². The maximum Gasteiger partial charge on any atom is 0.0620 e. The first-order valence-corrected chi connectivity index (χ1v) is 15.2. The van der Waals surface area contributed by atoms with Crippen molar-refractivity contribution in [3.63, 3.8) is 0 Å². The minimum Gasteiger partial charge on any atom is -0.309 e. The molecule has 0 aliphatic carbocycles. The van der Waals surface area contributed by atoms with Crippen LogP contribution in [0.4, 0.5) is 0 Å². The Hall–Kier alpha value is -5.86. The van der Waals surface area contributed by atoms with Gasteiger partial charge >= 0.3 is 0 Å². The predicted octanol–water partition coefficient (Wildman–Crippen LogP) is 11.2. The van der Waals surface area contributed by atoms with Crippen LogP contribution in [-0.2, 0) is 0 Å². The Morgan fingerprint density at radius 2 is 0.886 bits per heavy atom. The van der Waals surface area contributed by atoms with Gasteiger partial charge in [-0.25, -0.2) is 0 Å². The van der Waals surface area contributed by atoms with E-state index in [0.29, 0.717) is 0 Å². The summed E-state index contributed by atoms with van der Waals surface area (Å²) in [6.07, 6.45) is 0. The molecule has 0 radical (unpaired) electrons. The van der Waals surface area contributed by atoms with Crippen molar-refractivity contribution in [1.82, 2.24) is 9.13 Å². The average molecular weight is 559 g/mol. The fourth-order valence-electron chi connectivity index (χ4n) is 7.58. The summed E-state index contributed by atoms with van der Waals surface area (Å²) in [5.41, 5.74) is 14.9. The van der Waals surface area contributed by atoms with Crippen molar-refractivity contribution in [2.45, 2.75) is 0 Å². The second kappa shape index (κ2) is 8.82. The first kappa shape index (κ1) is 23.7. The fourth-order valence-corrected chi connectivity index (χ4v) is 7.58. The molecule has 2 nitrogen and oxygen atoms in total. The highest BCUT2D eigenvalue weighted by molar-refractivity contribution is 6.18. The van der Waals surface area contributed by atoms with Crippen molar-refractivity contribution in [3.05, 3.63) is 158 Å². The van der Waals surface area contributed by atoms with Gasteiger partial charge in [-0.05, 0) is 76.9 Å². The second-order valence-corrected chi connectivity index (χ2v) is 11.8. The molecule has 0 saturated heterocycles. The predicted molar refractivity (Wildman–Crippen MR) is 185 cm³/mol. The van der Waals surface area contributed by atoms with Crippen molar-refractivity contribution >= 4 is 43.6 Å². The van der Waals surface area contributed by atoms with Crippen molar-refractivity contribution in [3.8, 4) is 44.8 Å². The Bertz CT molecular complexity index is 2600. The molecule has 0 amide bonds. The van der Waals surface area contributed by atoms with Gasteiger partial charge in [0, 0.05) is 38.4 Å². The van der Waals surface area contributed by atoms with Gasteiger partial charge in [-0.15, -0.1) is 0 Å². The molecule has 2 aromatic heterocycles. The van der Waals surface area contributed by atoms with E-state index in [2.05, 4.69) is 167 Å². The number of benzene rings is 7. The topological polar surface area (TPSA) is 9.86 Å². The van der Waals surface area contributed by atoms with Gasteiger partial charge in [-0.3, -0.25) is 0 Å². The molecular weight excluding hydrogens is 532 g/mol. The lowest BCUT2D eigenvalue weighted by molar-refractivity contribution is 1.18. The van der Waals surface area contributed by atoms with Crippen LogP contribution in [0, 0.1) is 0 Å². The summed E-state index contributed by atoms with van der Waals surface area (Å²) in [4.78, 5) is 0. The van der Waals surface area contributed by atoms with Crippen LogP contribution in [0.15, 0.2) is 158 Å². The molecule has 10 rings (SSSR count). The van der Waals surface area contributed by atoms with E-state index in [4.69, 9.17) is 0 Å². The highest BCUT2D eigenvalue weighted by Gasteiger charge is 2.25. The Labute approximate surface area is 254 Å². The van der Waals surface area contributed by atoms with Gasteiger partial charge in [-0.1, -0.05) is 103 Å². The zero-order valence-electron chi connectivity index (χ0n) is 23.9. The molecular formula is C42H26N2. The minimum absolute atomic E-state index is 1.18. The standard InChI is InChI=1S/C42H26N2/c1-2-12-29(13-3-1)43-38-19-9-7-17-33(38)35-24-27(22-23-41(35)43)28-25-36-31-15-5-4-14-30(31)32-16-6-10-20-39(32)44-40-21-11-8-18-34(40)37(26-28)42(36)44/h1-26H. The molecule has 0 bridgehead atoms. The third-order valence-electron chi connectivity index (χ3n) is 9.44. The van der Waals surface area contributed by atoms with Crippen molar-refractivity contribution in [2.75, 3.05) is 0 Å². The van der Waals surface area contributed by atoms with Gasteiger partial charge in [-0.2, -0.15) is 0 Å². The van der Waals surface area contributed by atoms with Crippen LogP contribution < -0.4 is 0 Å². The van der Waals surface area contributed by atoms with Gasteiger partial charge in [0.1, 0.15) is 0 Å². The molecule has 0 fully saturated rings. The van der Waals surface area contributed by atoms with Crippen molar-refractivity contribution in [2.24, 2.45) is 0 Å². The van der Waals surface area contributed by atoms with E-state index in [0.717, 1.165) is 0 Å². The molecule has 9 aromatic rings. The van der Waals surface area contributed by atoms with Crippen LogP contribution in [0.2, 0.25) is 0 Å². The molecule has 0 saturated carbocycles. The summed E-state index contributed by atoms with van der Waals surface area (Å²) in [6, 6.07) is 57.8. The van der Waals surface area contributed by atoms with E-state index in [-0.39, 0.29) is 0 Å². The molecule has 1 aliphatic rings. The zero-order chi connectivity index (χ0) is 28.8. The van der Waals surface area contributed by atoms with Crippen LogP contribution in [-0.4, -0.2) is 9.13 Å². The summed E-state index contributed by atoms with van der Waals surface area (Å²) >= 11 is 0. The van der Waals surface area contributed by atoms with Crippen LogP contribution >= 0.6 is 0 Å². The van der Waals surface area contributed by atoms with Crippen LogP contribution in [0.3, 0.4) is 0 Å². The summed E-state index contributed by atoms with van der Waals surface area (Å²) in [5, 5.41) is 5.10. The second-order valence-electron chi connectivity index (χ2n) is 11.8. The maximum absolute atomic E-state index is 2.48. The smallest absolute Gasteiger partial charge is 0.0620 e. The lowest BCUT2D eigenvalue weighted by Gasteiger charge is -2.12. The molecule has 0 atom stereocenters. The lowest BCUT2D eigenvalue weighted by atomic mass is 9.91. The highest BCUT2D eigenvalue weighted by Crippen LogP contribution is 2.48. The summed E-state index contributed by atoms with van der Waals surface area (Å²) in [5.74, 6) is 0. The van der Waals surface area contributed by atoms with Gasteiger partial charge in [0.05, 0.1) is 27.8 Å². The number of aromatic nitrogens is 2. The van der Waals surface area contributed by atoms with E-state index in [1.807, 2.05) is 0 Å². The largest absolute Gasteiger partial charge is 0.309 e. The molecule has 0 unspecified atom stereocenters. The van der Waals surface area contributed by atoms with E-state index in [9.17, 15) is 0 Å². The molecule has 0 spiro atoms. The fraction of sp³-hybridized carbons (Fsp3) is 0. The Balaban J connectivity index is 1.31. The maximum atomic E-state index is 2.48. The molecule has 44 heavy (non-hydrogen) atoms. The van der Waals surface area contributed by atoms with Crippen molar-refractivity contribution in [1.29, 1.82) is 0 Å². The zero-order valence-corrected chi connectivity index (χ0v) is 23.9. The van der Waals surface area contributed by atoms with E-state index in [1.165, 1.54) is 88.4 Å². The lowest BCUT2D eigenvalue weighted by Crippen LogP contribution is -1.95. The average Bonchev–Trinajstić information content (AvgIpc) is 3.57. The third kappa shape index (κ3) is 3.14. The van der Waals surface area contributed by atoms with Crippen LogP contribution in [0.1, 0.15) is 0 Å². The van der Waals surface area contributed by atoms with E-state index in [1.54, 1.807) is 0 Å². The molecule has 3 heterocycles. The van der Waals surface area contributed by atoms with Crippen LogP contribution in [0.5, 0.6) is 0 Å². The summed E-state index contributed by atoms with van der Waals surface area (Å²) in [6.45, 7) is 0. The molecule has 0 N–H and O–H groups in total. The quantitative estimate of drug-likeness (QED) is 0.200. The number of rotatable bonds is 2. The SMILES string of the molecule is c1ccc(-n2c3ccccc3c3cc(-c4cc5c6c(c4)c4ccccc4n6-c4ccccc4-c4ccccc4-5)ccc32)cc1. The Morgan fingerprint density at radius 1 is 0.318 bits per heavy atom. The summed E-state index contributed by atoms with van der Waals surface area (Å²) < 4.78 is 4.86. The number of fused-ring (bicyclic) bond motifs is 11. The first-order chi connectivity index (χ1) is 21.8. The number of para-hydroxylation sites is 4. The normalized spacial score (nSPS) is 12.1. The van der Waals surface area contributed by atoms with Gasteiger partial charge < -0.3 is 9.13 Å². The third-order valence-corrected chi connectivity index (χ3v) is 9.44. The molecule has 204 valence electrons. The highest BCUT2D eigenvalue weighted by atomic mass is 15.0. The first-order valence-electron chi connectivity index (χ1n) is 15.2. The van der Waals surface area contributed by atoms with Gasteiger partial charge in [0.2, 0.25) is 0 Å². The summed E-state index contributed by atoms with van der Waals surface area (Å²) in [7, 11) is 0. The Kier molecular flexibility index (Phi) is 4.75. The molecule has 2 heteroatoms.